The van der Waals surface area contributed by atoms with Crippen molar-refractivity contribution in [3.05, 3.63) is 75.3 Å². The van der Waals surface area contributed by atoms with Gasteiger partial charge in [0.25, 0.3) is 15.6 Å². The number of anilines is 1. The summed E-state index contributed by atoms with van der Waals surface area (Å²) >= 11 is 1.06. The number of carbonyl (C=O) groups excluding carboxylic acids is 1. The van der Waals surface area contributed by atoms with Gasteiger partial charge in [0.2, 0.25) is 0 Å². The van der Waals surface area contributed by atoms with Gasteiger partial charge in [0.05, 0.1) is 22.8 Å². The average molecular weight is 512 g/mol. The fraction of sp³-hybridized carbons (Fsp3) is 0.136. The molecule has 0 bridgehead atoms. The minimum absolute atomic E-state index is 0.0362. The predicted octanol–water partition coefficient (Wildman–Crippen LogP) is 2.30. The number of aryl methyl sites for hydroxylation is 2. The Morgan fingerprint density at radius 2 is 1.91 bits per heavy atom. The van der Waals surface area contributed by atoms with Gasteiger partial charge in [-0.05, 0) is 50.2 Å². The molecule has 0 spiro atoms. The van der Waals surface area contributed by atoms with Crippen molar-refractivity contribution >= 4 is 49.8 Å². The van der Waals surface area contributed by atoms with Gasteiger partial charge in [-0.3, -0.25) is 9.79 Å². The maximum atomic E-state index is 13.1. The molecule has 13 heteroatoms. The van der Waals surface area contributed by atoms with Crippen LogP contribution in [0.15, 0.2) is 62.7 Å². The van der Waals surface area contributed by atoms with Crippen LogP contribution in [-0.4, -0.2) is 41.9 Å². The standard InChI is InChI=1S/C22H21N7O4S2/c1-12-4-9-19(34-12)35(32,33)28-22(31)27-15-6-8-18(25-11-15)29-13(2)26-17-10-14(20(23)24-3)5-7-16(17)21(29)30/h4-11H,1-3H3,(H2,23,24)(H2,27,28,31). The molecule has 3 aromatic heterocycles. The van der Waals surface area contributed by atoms with E-state index in [1.165, 1.54) is 29.0 Å². The Labute approximate surface area is 204 Å². The first kappa shape index (κ1) is 24.0. The fourth-order valence-corrected chi connectivity index (χ4v) is 5.52. The Bertz CT molecular complexity index is 1640. The van der Waals surface area contributed by atoms with Crippen LogP contribution < -0.4 is 21.3 Å². The Balaban J connectivity index is 1.57. The van der Waals surface area contributed by atoms with Crippen LogP contribution >= 0.6 is 11.3 Å². The fourth-order valence-electron chi connectivity index (χ4n) is 3.33. The van der Waals surface area contributed by atoms with E-state index < -0.39 is 16.1 Å². The molecule has 3 heterocycles. The zero-order valence-electron chi connectivity index (χ0n) is 18.9. The van der Waals surface area contributed by atoms with E-state index in [1.54, 1.807) is 45.2 Å². The van der Waals surface area contributed by atoms with E-state index in [9.17, 15) is 18.0 Å². The molecule has 0 fully saturated rings. The van der Waals surface area contributed by atoms with Gasteiger partial charge in [-0.2, -0.15) is 0 Å². The van der Waals surface area contributed by atoms with Gasteiger partial charge in [0.1, 0.15) is 21.7 Å². The summed E-state index contributed by atoms with van der Waals surface area (Å²) in [6.45, 7) is 3.44. The average Bonchev–Trinajstić information content (AvgIpc) is 3.26. The highest BCUT2D eigenvalue weighted by Crippen LogP contribution is 2.20. The SMILES string of the molecule is CN=C(N)c1ccc2c(=O)n(-c3ccc(NC(=O)NS(=O)(=O)c4ccc(C)s4)cn3)c(C)nc2c1. The maximum absolute atomic E-state index is 13.1. The van der Waals surface area contributed by atoms with Crippen molar-refractivity contribution in [2.24, 2.45) is 10.7 Å². The highest BCUT2D eigenvalue weighted by molar-refractivity contribution is 7.92. The number of aliphatic imine (C=N–C) groups is 1. The summed E-state index contributed by atoms with van der Waals surface area (Å²) in [5, 5.41) is 2.80. The number of urea groups is 1. The molecule has 0 atom stereocenters. The second-order valence-corrected chi connectivity index (χ2v) is 10.7. The van der Waals surface area contributed by atoms with Crippen LogP contribution in [0.1, 0.15) is 16.3 Å². The highest BCUT2D eigenvalue weighted by Gasteiger charge is 2.19. The quantitative estimate of drug-likeness (QED) is 0.273. The van der Waals surface area contributed by atoms with Crippen molar-refractivity contribution in [1.29, 1.82) is 0 Å². The van der Waals surface area contributed by atoms with Crippen molar-refractivity contribution in [2.75, 3.05) is 12.4 Å². The van der Waals surface area contributed by atoms with Gasteiger partial charge in [-0.1, -0.05) is 6.07 Å². The number of aromatic nitrogens is 3. The summed E-state index contributed by atoms with van der Waals surface area (Å²) in [5.41, 5.74) is 6.91. The van der Waals surface area contributed by atoms with E-state index in [2.05, 4.69) is 20.3 Å². The van der Waals surface area contributed by atoms with E-state index in [4.69, 9.17) is 5.73 Å². The number of amides is 2. The molecule has 2 amide bonds. The molecule has 180 valence electrons. The molecule has 4 rings (SSSR count). The van der Waals surface area contributed by atoms with E-state index >= 15 is 0 Å². The lowest BCUT2D eigenvalue weighted by Crippen LogP contribution is -2.34. The van der Waals surface area contributed by atoms with Crippen LogP contribution in [0, 0.1) is 13.8 Å². The van der Waals surface area contributed by atoms with Crippen molar-refractivity contribution in [3.63, 3.8) is 0 Å². The van der Waals surface area contributed by atoms with Gasteiger partial charge in [0.15, 0.2) is 0 Å². The van der Waals surface area contributed by atoms with Crippen LogP contribution in [-0.2, 0) is 10.0 Å². The number of sulfonamides is 1. The van der Waals surface area contributed by atoms with Gasteiger partial charge < -0.3 is 11.1 Å². The molecule has 1 aromatic carbocycles. The number of benzene rings is 1. The third-order valence-electron chi connectivity index (χ3n) is 5.02. The lowest BCUT2D eigenvalue weighted by molar-refractivity contribution is 0.256. The van der Waals surface area contributed by atoms with Crippen LogP contribution in [0.25, 0.3) is 16.7 Å². The van der Waals surface area contributed by atoms with Gasteiger partial charge in [-0.15, -0.1) is 11.3 Å². The summed E-state index contributed by atoms with van der Waals surface area (Å²) in [6, 6.07) is 10.2. The third-order valence-corrected chi connectivity index (χ3v) is 7.84. The largest absolute Gasteiger partial charge is 0.384 e. The number of amidine groups is 1. The number of hydrogen-bond donors (Lipinski definition) is 3. The van der Waals surface area contributed by atoms with Crippen LogP contribution in [0.3, 0.4) is 0 Å². The minimum Gasteiger partial charge on any atom is -0.384 e. The zero-order valence-corrected chi connectivity index (χ0v) is 20.6. The number of fused-ring (bicyclic) bond motifs is 1. The molecule has 11 nitrogen and oxygen atoms in total. The molecule has 0 aliphatic heterocycles. The second-order valence-electron chi connectivity index (χ2n) is 7.47. The lowest BCUT2D eigenvalue weighted by Gasteiger charge is -2.12. The monoisotopic (exact) mass is 511 g/mol. The van der Waals surface area contributed by atoms with E-state index in [0.717, 1.165) is 16.2 Å². The molecule has 0 aliphatic carbocycles. The lowest BCUT2D eigenvalue weighted by atomic mass is 10.1. The predicted molar refractivity (Wildman–Crippen MR) is 135 cm³/mol. The molecular formula is C22H21N7O4S2. The van der Waals surface area contributed by atoms with E-state index in [-0.39, 0.29) is 21.3 Å². The van der Waals surface area contributed by atoms with E-state index in [1.807, 2.05) is 4.72 Å². The normalized spacial score (nSPS) is 12.0. The molecule has 4 N–H and O–H groups in total. The smallest absolute Gasteiger partial charge is 0.333 e. The van der Waals surface area contributed by atoms with Crippen LogP contribution in [0.2, 0.25) is 0 Å². The molecule has 0 radical (unpaired) electrons. The van der Waals surface area contributed by atoms with Gasteiger partial charge in [0, 0.05) is 17.5 Å². The Morgan fingerprint density at radius 3 is 2.54 bits per heavy atom. The maximum Gasteiger partial charge on any atom is 0.333 e. The van der Waals surface area contributed by atoms with Crippen LogP contribution in [0.4, 0.5) is 10.5 Å². The molecule has 0 aliphatic rings. The van der Waals surface area contributed by atoms with Gasteiger partial charge >= 0.3 is 6.03 Å². The number of nitrogens with two attached hydrogens (primary N) is 1. The summed E-state index contributed by atoms with van der Waals surface area (Å²) in [6.07, 6.45) is 1.31. The molecule has 0 saturated carbocycles. The molecule has 0 saturated heterocycles. The Hall–Kier alpha value is -4.10. The van der Waals surface area contributed by atoms with Crippen molar-refractivity contribution < 1.29 is 13.2 Å². The Morgan fingerprint density at radius 1 is 1.14 bits per heavy atom. The van der Waals surface area contributed by atoms with Crippen molar-refractivity contribution in [2.45, 2.75) is 18.1 Å². The number of nitrogens with zero attached hydrogens (tertiary/aromatic N) is 4. The molecule has 35 heavy (non-hydrogen) atoms. The summed E-state index contributed by atoms with van der Waals surface area (Å²) in [4.78, 5) is 38.8. The first-order valence-electron chi connectivity index (χ1n) is 10.2. The molecule has 4 aromatic rings. The number of hydrogen-bond acceptors (Lipinski definition) is 8. The van der Waals surface area contributed by atoms with Crippen LogP contribution in [0.5, 0.6) is 0 Å². The van der Waals surface area contributed by atoms with E-state index in [0.29, 0.717) is 28.1 Å². The minimum atomic E-state index is -3.99. The second kappa shape index (κ2) is 9.27. The number of thiophene rings is 1. The highest BCUT2D eigenvalue weighted by atomic mass is 32.2. The first-order valence-corrected chi connectivity index (χ1v) is 12.5. The summed E-state index contributed by atoms with van der Waals surface area (Å²) in [7, 11) is -2.41. The molecular weight excluding hydrogens is 490 g/mol. The summed E-state index contributed by atoms with van der Waals surface area (Å²) in [5.74, 6) is 1.02. The molecule has 0 unspecified atom stereocenters. The number of nitrogens with one attached hydrogen (secondary N) is 2. The number of rotatable bonds is 5. The number of pyridine rings is 1. The summed E-state index contributed by atoms with van der Waals surface area (Å²) < 4.78 is 27.9. The zero-order chi connectivity index (χ0) is 25.3. The van der Waals surface area contributed by atoms with Crippen molar-refractivity contribution in [1.82, 2.24) is 19.3 Å². The van der Waals surface area contributed by atoms with Crippen molar-refractivity contribution in [3.8, 4) is 5.82 Å². The Kier molecular flexibility index (Phi) is 6.37. The topological polar surface area (TPSA) is 161 Å². The first-order chi connectivity index (χ1) is 16.6. The number of carbonyl (C=O) groups is 1. The van der Waals surface area contributed by atoms with Gasteiger partial charge in [-0.25, -0.2) is 32.5 Å². The third kappa shape index (κ3) is 4.90.